The summed E-state index contributed by atoms with van der Waals surface area (Å²) < 4.78 is 0. The minimum absolute atomic E-state index is 0.104. The molecule has 0 N–H and O–H groups in total. The fraction of sp³-hybridized carbons (Fsp3) is 0.474. The number of amides is 1. The van der Waals surface area contributed by atoms with Gasteiger partial charge in [0, 0.05) is 68.1 Å². The van der Waals surface area contributed by atoms with Gasteiger partial charge in [0.25, 0.3) is 5.91 Å². The molecule has 2 atom stereocenters. The van der Waals surface area contributed by atoms with Crippen LogP contribution in [0.25, 0.3) is 0 Å². The van der Waals surface area contributed by atoms with Crippen molar-refractivity contribution in [2.45, 2.75) is 18.8 Å². The van der Waals surface area contributed by atoms with Gasteiger partial charge < -0.3 is 9.80 Å². The van der Waals surface area contributed by atoms with E-state index in [0.717, 1.165) is 32.0 Å². The number of carbonyl (C=O) groups is 1. The monoisotopic (exact) mass is 335 g/mol. The minimum atomic E-state index is 0.104. The van der Waals surface area contributed by atoms with E-state index in [4.69, 9.17) is 0 Å². The SMILES string of the molecule is O=C(c1cccnc1)N1CC2CN(c3cc(C4CC4)ncn3)CC2C1. The minimum Gasteiger partial charge on any atom is -0.356 e. The molecule has 1 aliphatic carbocycles. The third kappa shape index (κ3) is 2.75. The second kappa shape index (κ2) is 5.79. The molecule has 5 rings (SSSR count). The maximum absolute atomic E-state index is 12.6. The van der Waals surface area contributed by atoms with E-state index in [9.17, 15) is 4.79 Å². The van der Waals surface area contributed by atoms with Crippen molar-refractivity contribution in [3.8, 4) is 0 Å². The van der Waals surface area contributed by atoms with Crippen LogP contribution in [-0.2, 0) is 0 Å². The predicted octanol–water partition coefficient (Wildman–Crippen LogP) is 1.96. The molecule has 2 unspecified atom stereocenters. The average molecular weight is 335 g/mol. The van der Waals surface area contributed by atoms with Crippen molar-refractivity contribution >= 4 is 11.7 Å². The van der Waals surface area contributed by atoms with Crippen molar-refractivity contribution in [3.63, 3.8) is 0 Å². The zero-order chi connectivity index (χ0) is 16.8. The Bertz CT molecular complexity index is 777. The highest BCUT2D eigenvalue weighted by molar-refractivity contribution is 5.94. The molecule has 3 fully saturated rings. The first-order chi connectivity index (χ1) is 12.3. The molecule has 0 aromatic carbocycles. The van der Waals surface area contributed by atoms with E-state index >= 15 is 0 Å². The Kier molecular flexibility index (Phi) is 3.43. The summed E-state index contributed by atoms with van der Waals surface area (Å²) in [7, 11) is 0. The number of hydrogen-bond acceptors (Lipinski definition) is 5. The number of rotatable bonds is 3. The Morgan fingerprint density at radius 1 is 1.08 bits per heavy atom. The first-order valence-corrected chi connectivity index (χ1v) is 9.04. The Balaban J connectivity index is 1.26. The summed E-state index contributed by atoms with van der Waals surface area (Å²) in [5, 5.41) is 0. The smallest absolute Gasteiger partial charge is 0.255 e. The number of hydrogen-bond donors (Lipinski definition) is 0. The number of anilines is 1. The van der Waals surface area contributed by atoms with Crippen molar-refractivity contribution in [1.29, 1.82) is 0 Å². The van der Waals surface area contributed by atoms with Crippen molar-refractivity contribution in [1.82, 2.24) is 19.9 Å². The van der Waals surface area contributed by atoms with Crippen molar-refractivity contribution in [2.75, 3.05) is 31.1 Å². The normalized spacial score (nSPS) is 25.3. The fourth-order valence-electron chi connectivity index (χ4n) is 4.15. The van der Waals surface area contributed by atoms with E-state index in [0.29, 0.717) is 23.3 Å². The highest BCUT2D eigenvalue weighted by Crippen LogP contribution is 2.40. The van der Waals surface area contributed by atoms with Gasteiger partial charge in [0.2, 0.25) is 0 Å². The topological polar surface area (TPSA) is 62.2 Å². The first kappa shape index (κ1) is 14.8. The van der Waals surface area contributed by atoms with Gasteiger partial charge in [-0.05, 0) is 25.0 Å². The number of likely N-dealkylation sites (tertiary alicyclic amines) is 1. The molecule has 0 bridgehead atoms. The molecule has 1 amide bonds. The predicted molar refractivity (Wildman–Crippen MR) is 93.3 cm³/mol. The first-order valence-electron chi connectivity index (χ1n) is 9.04. The Morgan fingerprint density at radius 3 is 2.56 bits per heavy atom. The van der Waals surface area contributed by atoms with Crippen LogP contribution >= 0.6 is 0 Å². The number of fused-ring (bicyclic) bond motifs is 1. The lowest BCUT2D eigenvalue weighted by atomic mass is 10.0. The molecule has 2 aromatic rings. The van der Waals surface area contributed by atoms with Crippen LogP contribution in [0, 0.1) is 11.8 Å². The molecule has 4 heterocycles. The van der Waals surface area contributed by atoms with Gasteiger partial charge in [-0.3, -0.25) is 9.78 Å². The number of nitrogens with zero attached hydrogens (tertiary/aromatic N) is 5. The third-order valence-electron chi connectivity index (χ3n) is 5.68. The number of carbonyl (C=O) groups excluding carboxylic acids is 1. The summed E-state index contributed by atoms with van der Waals surface area (Å²) in [5.41, 5.74) is 1.87. The summed E-state index contributed by atoms with van der Waals surface area (Å²) in [6.45, 7) is 3.61. The molecule has 3 aliphatic rings. The van der Waals surface area contributed by atoms with Gasteiger partial charge in [0.15, 0.2) is 0 Å². The van der Waals surface area contributed by atoms with Crippen LogP contribution < -0.4 is 4.90 Å². The number of pyridine rings is 1. The van der Waals surface area contributed by atoms with E-state index in [1.807, 2.05) is 17.0 Å². The average Bonchev–Trinajstić information content (AvgIpc) is 3.32. The zero-order valence-electron chi connectivity index (χ0n) is 14.1. The molecule has 2 saturated heterocycles. The maximum atomic E-state index is 12.6. The van der Waals surface area contributed by atoms with Gasteiger partial charge in [0.05, 0.1) is 5.56 Å². The van der Waals surface area contributed by atoms with Gasteiger partial charge in [0.1, 0.15) is 12.1 Å². The molecule has 1 saturated carbocycles. The molecule has 128 valence electrons. The summed E-state index contributed by atoms with van der Waals surface area (Å²) in [6, 6.07) is 5.83. The Hall–Kier alpha value is -2.50. The summed E-state index contributed by atoms with van der Waals surface area (Å²) in [6.07, 6.45) is 7.57. The third-order valence-corrected chi connectivity index (χ3v) is 5.68. The van der Waals surface area contributed by atoms with Gasteiger partial charge in [-0.2, -0.15) is 0 Å². The van der Waals surface area contributed by atoms with Crippen molar-refractivity contribution in [3.05, 3.63) is 48.2 Å². The second-order valence-electron chi connectivity index (χ2n) is 7.45. The van der Waals surface area contributed by atoms with Crippen molar-refractivity contribution < 1.29 is 4.79 Å². The molecule has 25 heavy (non-hydrogen) atoms. The standard InChI is InChI=1S/C19H21N5O/c25-19(14-2-1-5-20-7-14)24-10-15-8-23(9-16(15)11-24)18-6-17(13-3-4-13)21-12-22-18/h1-2,5-7,12-13,15-16H,3-4,8-11H2. The van der Waals surface area contributed by atoms with Crippen molar-refractivity contribution in [2.24, 2.45) is 11.8 Å². The summed E-state index contributed by atoms with van der Waals surface area (Å²) in [4.78, 5) is 29.9. The molecular formula is C19H21N5O. The Labute approximate surface area is 146 Å². The van der Waals surface area contributed by atoms with Gasteiger partial charge in [-0.15, -0.1) is 0 Å². The van der Waals surface area contributed by atoms with E-state index in [1.54, 1.807) is 18.7 Å². The van der Waals surface area contributed by atoms with Gasteiger partial charge >= 0.3 is 0 Å². The Morgan fingerprint density at radius 2 is 1.88 bits per heavy atom. The molecule has 0 spiro atoms. The molecule has 0 radical (unpaired) electrons. The fourth-order valence-corrected chi connectivity index (χ4v) is 4.15. The van der Waals surface area contributed by atoms with Crippen LogP contribution in [0.1, 0.15) is 34.8 Å². The summed E-state index contributed by atoms with van der Waals surface area (Å²) >= 11 is 0. The van der Waals surface area contributed by atoms with E-state index in [2.05, 4.69) is 25.9 Å². The van der Waals surface area contributed by atoms with Gasteiger partial charge in [-0.25, -0.2) is 9.97 Å². The second-order valence-corrected chi connectivity index (χ2v) is 7.45. The van der Waals surface area contributed by atoms with E-state index in [1.165, 1.54) is 18.5 Å². The van der Waals surface area contributed by atoms with Crippen LogP contribution in [-0.4, -0.2) is 51.9 Å². The number of aromatic nitrogens is 3. The summed E-state index contributed by atoms with van der Waals surface area (Å²) in [5.74, 6) is 2.86. The quantitative estimate of drug-likeness (QED) is 0.858. The lowest BCUT2D eigenvalue weighted by Crippen LogP contribution is -2.33. The van der Waals surface area contributed by atoms with Crippen LogP contribution in [0.15, 0.2) is 36.9 Å². The van der Waals surface area contributed by atoms with Crippen LogP contribution in [0.3, 0.4) is 0 Å². The highest BCUT2D eigenvalue weighted by atomic mass is 16.2. The lowest BCUT2D eigenvalue weighted by molar-refractivity contribution is 0.0782. The van der Waals surface area contributed by atoms with E-state index in [-0.39, 0.29) is 5.91 Å². The van der Waals surface area contributed by atoms with Crippen LogP contribution in [0.5, 0.6) is 0 Å². The van der Waals surface area contributed by atoms with E-state index < -0.39 is 0 Å². The molecule has 2 aliphatic heterocycles. The lowest BCUT2D eigenvalue weighted by Gasteiger charge is -2.22. The highest BCUT2D eigenvalue weighted by Gasteiger charge is 2.42. The molecule has 6 heteroatoms. The maximum Gasteiger partial charge on any atom is 0.255 e. The zero-order valence-corrected chi connectivity index (χ0v) is 14.1. The largest absolute Gasteiger partial charge is 0.356 e. The van der Waals surface area contributed by atoms with Crippen LogP contribution in [0.4, 0.5) is 5.82 Å². The molecule has 2 aromatic heterocycles. The molecule has 6 nitrogen and oxygen atoms in total. The van der Waals surface area contributed by atoms with Crippen LogP contribution in [0.2, 0.25) is 0 Å². The molecular weight excluding hydrogens is 314 g/mol. The van der Waals surface area contributed by atoms with Gasteiger partial charge in [-0.1, -0.05) is 0 Å².